The Balaban J connectivity index is 1.37. The maximum absolute atomic E-state index is 13.2. The highest BCUT2D eigenvalue weighted by atomic mass is 32.2. The van der Waals surface area contributed by atoms with Gasteiger partial charge in [0.1, 0.15) is 0 Å². The molecule has 2 heterocycles. The second-order valence-electron chi connectivity index (χ2n) is 8.93. The Morgan fingerprint density at radius 1 is 0.944 bits per heavy atom. The Morgan fingerprint density at radius 3 is 2.25 bits per heavy atom. The van der Waals surface area contributed by atoms with Crippen molar-refractivity contribution in [3.8, 4) is 21.7 Å². The Morgan fingerprint density at radius 2 is 1.58 bits per heavy atom. The van der Waals surface area contributed by atoms with Crippen molar-refractivity contribution < 1.29 is 13.2 Å². The van der Waals surface area contributed by atoms with Crippen LogP contribution in [0.3, 0.4) is 0 Å². The summed E-state index contributed by atoms with van der Waals surface area (Å²) in [6.45, 7) is 2.49. The lowest BCUT2D eigenvalue weighted by molar-refractivity contribution is -0.120. The lowest BCUT2D eigenvalue weighted by Gasteiger charge is -2.31. The fraction of sp³-hybridized carbons (Fsp3) is 0.214. The van der Waals surface area contributed by atoms with Crippen LogP contribution in [0.2, 0.25) is 0 Å². The molecule has 0 radical (unpaired) electrons. The van der Waals surface area contributed by atoms with Gasteiger partial charge in [0, 0.05) is 18.7 Å². The fourth-order valence-corrected chi connectivity index (χ4v) is 6.91. The Labute approximate surface area is 215 Å². The van der Waals surface area contributed by atoms with Gasteiger partial charge in [-0.3, -0.25) is 4.79 Å². The summed E-state index contributed by atoms with van der Waals surface area (Å²) >= 11 is 1.43. The molecule has 36 heavy (non-hydrogen) atoms. The van der Waals surface area contributed by atoms with Crippen LogP contribution in [0, 0.1) is 12.8 Å². The molecule has 1 saturated heterocycles. The predicted molar refractivity (Wildman–Crippen MR) is 144 cm³/mol. The van der Waals surface area contributed by atoms with E-state index in [1.54, 1.807) is 24.3 Å². The van der Waals surface area contributed by atoms with E-state index >= 15 is 0 Å². The number of piperidine rings is 1. The molecule has 0 saturated carbocycles. The number of hydrogen-bond donors (Lipinski definition) is 1. The van der Waals surface area contributed by atoms with Gasteiger partial charge in [0.25, 0.3) is 0 Å². The second kappa shape index (κ2) is 10.3. The summed E-state index contributed by atoms with van der Waals surface area (Å²) in [5, 5.41) is 3.49. The van der Waals surface area contributed by atoms with Gasteiger partial charge in [-0.2, -0.15) is 4.31 Å². The first kappa shape index (κ1) is 24.4. The average Bonchev–Trinajstić information content (AvgIpc) is 3.34. The van der Waals surface area contributed by atoms with Crippen LogP contribution in [0.25, 0.3) is 21.7 Å². The van der Waals surface area contributed by atoms with Crippen molar-refractivity contribution in [2.75, 3.05) is 18.4 Å². The molecule has 0 spiro atoms. The van der Waals surface area contributed by atoms with Gasteiger partial charge < -0.3 is 5.32 Å². The third-order valence-electron chi connectivity index (χ3n) is 6.35. The molecule has 1 atom stereocenters. The standard InChI is InChI=1S/C28H27N3O3S2/c1-20-14-16-24(17-15-20)36(33,34)31-18-8-13-23(19-31)27(32)30-28-29-25(21-9-4-2-5-10-21)26(35-28)22-11-6-3-7-12-22/h2-7,9-12,14-17,23H,8,13,18-19H2,1H3,(H,29,30,32). The SMILES string of the molecule is Cc1ccc(S(=O)(=O)N2CCCC(C(=O)Nc3nc(-c4ccccc4)c(-c4ccccc4)s3)C2)cc1. The van der Waals surface area contributed by atoms with Crippen LogP contribution in [-0.4, -0.2) is 36.7 Å². The number of rotatable bonds is 6. The largest absolute Gasteiger partial charge is 0.302 e. The van der Waals surface area contributed by atoms with E-state index in [0.29, 0.717) is 24.5 Å². The number of aryl methyl sites for hydroxylation is 1. The van der Waals surface area contributed by atoms with Crippen molar-refractivity contribution in [1.82, 2.24) is 9.29 Å². The maximum atomic E-state index is 13.2. The van der Waals surface area contributed by atoms with Crippen molar-refractivity contribution in [2.24, 2.45) is 5.92 Å². The van der Waals surface area contributed by atoms with Crippen molar-refractivity contribution in [1.29, 1.82) is 0 Å². The number of sulfonamides is 1. The minimum absolute atomic E-state index is 0.157. The zero-order chi connectivity index (χ0) is 25.1. The molecule has 5 rings (SSSR count). The third kappa shape index (κ3) is 5.11. The van der Waals surface area contributed by atoms with Gasteiger partial charge in [0.05, 0.1) is 21.4 Å². The quantitative estimate of drug-likeness (QED) is 0.349. The highest BCUT2D eigenvalue weighted by Gasteiger charge is 2.33. The minimum atomic E-state index is -3.65. The van der Waals surface area contributed by atoms with Crippen LogP contribution < -0.4 is 5.32 Å². The number of anilines is 1. The summed E-state index contributed by atoms with van der Waals surface area (Å²) in [6, 6.07) is 26.7. The number of carbonyl (C=O) groups is 1. The molecule has 4 aromatic rings. The molecule has 1 fully saturated rings. The number of amides is 1. The smallest absolute Gasteiger partial charge is 0.243 e. The molecule has 1 unspecified atom stereocenters. The Bertz CT molecular complexity index is 1390. The van der Waals surface area contributed by atoms with Gasteiger partial charge in [-0.05, 0) is 37.5 Å². The monoisotopic (exact) mass is 517 g/mol. The van der Waals surface area contributed by atoms with Crippen molar-refractivity contribution in [2.45, 2.75) is 24.7 Å². The van der Waals surface area contributed by atoms with Crippen molar-refractivity contribution in [3.63, 3.8) is 0 Å². The molecule has 184 valence electrons. The predicted octanol–water partition coefficient (Wildman–Crippen LogP) is 5.82. The van der Waals surface area contributed by atoms with Crippen LogP contribution >= 0.6 is 11.3 Å². The van der Waals surface area contributed by atoms with E-state index in [1.807, 2.05) is 67.6 Å². The average molecular weight is 518 g/mol. The Hall–Kier alpha value is -3.33. The lowest BCUT2D eigenvalue weighted by Crippen LogP contribution is -2.43. The van der Waals surface area contributed by atoms with E-state index in [-0.39, 0.29) is 17.3 Å². The van der Waals surface area contributed by atoms with Crippen LogP contribution in [-0.2, 0) is 14.8 Å². The van der Waals surface area contributed by atoms with E-state index in [9.17, 15) is 13.2 Å². The van der Waals surface area contributed by atoms with Crippen molar-refractivity contribution >= 4 is 32.4 Å². The van der Waals surface area contributed by atoms with Gasteiger partial charge >= 0.3 is 0 Å². The molecule has 8 heteroatoms. The van der Waals surface area contributed by atoms with Gasteiger partial charge in [-0.1, -0.05) is 89.7 Å². The van der Waals surface area contributed by atoms with Crippen LogP contribution in [0.1, 0.15) is 18.4 Å². The first-order valence-corrected chi connectivity index (χ1v) is 14.2. The van der Waals surface area contributed by atoms with Crippen molar-refractivity contribution in [3.05, 3.63) is 90.5 Å². The lowest BCUT2D eigenvalue weighted by atomic mass is 9.99. The van der Waals surface area contributed by atoms with Crippen LogP contribution in [0.5, 0.6) is 0 Å². The molecule has 0 aliphatic carbocycles. The van der Waals surface area contributed by atoms with Crippen LogP contribution in [0.4, 0.5) is 5.13 Å². The summed E-state index contributed by atoms with van der Waals surface area (Å²) in [5.41, 5.74) is 3.82. The summed E-state index contributed by atoms with van der Waals surface area (Å²) in [4.78, 5) is 19.3. The van der Waals surface area contributed by atoms with Gasteiger partial charge in [-0.25, -0.2) is 13.4 Å². The summed E-state index contributed by atoms with van der Waals surface area (Å²) in [7, 11) is -3.65. The summed E-state index contributed by atoms with van der Waals surface area (Å²) in [5.74, 6) is -0.644. The highest BCUT2D eigenvalue weighted by Crippen LogP contribution is 2.39. The summed E-state index contributed by atoms with van der Waals surface area (Å²) in [6.07, 6.45) is 1.26. The number of nitrogens with one attached hydrogen (secondary N) is 1. The number of carbonyl (C=O) groups excluding carboxylic acids is 1. The van der Waals surface area contributed by atoms with E-state index in [2.05, 4.69) is 5.32 Å². The number of hydrogen-bond acceptors (Lipinski definition) is 5. The normalized spacial score (nSPS) is 16.5. The Kier molecular flexibility index (Phi) is 7.00. The molecule has 3 aromatic carbocycles. The molecular formula is C28H27N3O3S2. The molecule has 1 N–H and O–H groups in total. The zero-order valence-electron chi connectivity index (χ0n) is 19.9. The molecular weight excluding hydrogens is 490 g/mol. The molecule has 1 aromatic heterocycles. The molecule has 1 aliphatic rings. The summed E-state index contributed by atoms with van der Waals surface area (Å²) < 4.78 is 27.8. The van der Waals surface area contributed by atoms with E-state index in [4.69, 9.17) is 4.98 Å². The van der Waals surface area contributed by atoms with E-state index in [0.717, 1.165) is 27.3 Å². The second-order valence-corrected chi connectivity index (χ2v) is 11.9. The number of aromatic nitrogens is 1. The van der Waals surface area contributed by atoms with Crippen LogP contribution in [0.15, 0.2) is 89.8 Å². The minimum Gasteiger partial charge on any atom is -0.302 e. The molecule has 1 aliphatic heterocycles. The van der Waals surface area contributed by atoms with E-state index in [1.165, 1.54) is 15.6 Å². The zero-order valence-corrected chi connectivity index (χ0v) is 21.6. The highest BCUT2D eigenvalue weighted by molar-refractivity contribution is 7.89. The first-order valence-electron chi connectivity index (χ1n) is 11.9. The molecule has 1 amide bonds. The third-order valence-corrected chi connectivity index (χ3v) is 9.25. The van der Waals surface area contributed by atoms with Gasteiger partial charge in [-0.15, -0.1) is 0 Å². The fourth-order valence-electron chi connectivity index (χ4n) is 4.39. The van der Waals surface area contributed by atoms with Gasteiger partial charge in [0.2, 0.25) is 15.9 Å². The molecule has 6 nitrogen and oxygen atoms in total. The number of thiazole rings is 1. The van der Waals surface area contributed by atoms with Gasteiger partial charge in [0.15, 0.2) is 5.13 Å². The topological polar surface area (TPSA) is 79.4 Å². The number of nitrogens with zero attached hydrogens (tertiary/aromatic N) is 2. The number of benzene rings is 3. The molecule has 0 bridgehead atoms. The maximum Gasteiger partial charge on any atom is 0.243 e. The van der Waals surface area contributed by atoms with E-state index < -0.39 is 15.9 Å². The first-order chi connectivity index (χ1) is 17.4.